The second-order valence-corrected chi connectivity index (χ2v) is 8.10. The molecule has 6 N–H and O–H groups in total. The number of hydrogen-bond donors (Lipinski definition) is 6. The fourth-order valence-electron chi connectivity index (χ4n) is 3.18. The third-order valence-electron chi connectivity index (χ3n) is 4.85. The van der Waals surface area contributed by atoms with Gasteiger partial charge in [0.2, 0.25) is 6.23 Å². The van der Waals surface area contributed by atoms with Crippen molar-refractivity contribution in [2.75, 3.05) is 17.6 Å². The summed E-state index contributed by atoms with van der Waals surface area (Å²) >= 11 is 0.689. The van der Waals surface area contributed by atoms with Gasteiger partial charge in [-0.25, -0.2) is 15.0 Å². The van der Waals surface area contributed by atoms with Crippen molar-refractivity contribution in [2.24, 2.45) is 0 Å². The standard InChI is InChI=1S/C20H20N6O7S/c27-11-3-1-10(2-4-11)5-21-17-14-18(24-8-23-17)26(9-25-14)19-16(31)15(30)12(33-19)7-34-20(32)22-6-13(28)29/h1-4,8-9,16,19,27,30-31H,5-7H2,(H,22,32)(H,28,29)(H,21,23,24)/t16?,19-/m1/s1. The molecule has 0 fully saturated rings. The number of rotatable bonds is 8. The number of aliphatic hydroxyl groups excluding tert-OH is 2. The van der Waals surface area contributed by atoms with Crippen LogP contribution in [0.1, 0.15) is 11.8 Å². The highest BCUT2D eigenvalue weighted by atomic mass is 32.2. The van der Waals surface area contributed by atoms with Crippen LogP contribution in [-0.4, -0.2) is 69.6 Å². The molecule has 1 amide bonds. The molecule has 14 heteroatoms. The van der Waals surface area contributed by atoms with Gasteiger partial charge in [-0.05, 0) is 17.7 Å². The van der Waals surface area contributed by atoms with Crippen molar-refractivity contribution in [2.45, 2.75) is 18.9 Å². The van der Waals surface area contributed by atoms with Gasteiger partial charge in [0.25, 0.3) is 5.24 Å². The Labute approximate surface area is 196 Å². The van der Waals surface area contributed by atoms with Crippen LogP contribution in [-0.2, 0) is 16.1 Å². The summed E-state index contributed by atoms with van der Waals surface area (Å²) in [6, 6.07) is 6.67. The Kier molecular flexibility index (Phi) is 6.70. The van der Waals surface area contributed by atoms with Crippen LogP contribution >= 0.6 is 11.8 Å². The molecule has 2 aromatic heterocycles. The fraction of sp³-hybridized carbons (Fsp3) is 0.250. The van der Waals surface area contributed by atoms with E-state index in [1.165, 1.54) is 17.2 Å². The average molecular weight is 488 g/mol. The lowest BCUT2D eigenvalue weighted by atomic mass is 10.2. The summed E-state index contributed by atoms with van der Waals surface area (Å²) in [4.78, 5) is 35.0. The van der Waals surface area contributed by atoms with Crippen LogP contribution in [0, 0.1) is 0 Å². The van der Waals surface area contributed by atoms with Crippen molar-refractivity contribution >= 4 is 40.0 Å². The van der Waals surface area contributed by atoms with E-state index in [0.717, 1.165) is 5.56 Å². The number of aromatic hydroxyl groups is 1. The number of anilines is 1. The summed E-state index contributed by atoms with van der Waals surface area (Å²) in [6.45, 7) is -0.123. The maximum absolute atomic E-state index is 11.7. The number of imidazole rings is 1. The van der Waals surface area contributed by atoms with Gasteiger partial charge < -0.3 is 35.8 Å². The number of aliphatic hydroxyl groups is 2. The number of carbonyl (C=O) groups excluding carboxylic acids is 1. The van der Waals surface area contributed by atoms with Crippen LogP contribution in [0.2, 0.25) is 0 Å². The van der Waals surface area contributed by atoms with E-state index in [9.17, 15) is 24.9 Å². The van der Waals surface area contributed by atoms with E-state index in [1.807, 2.05) is 0 Å². The Hall–Kier alpha value is -4.04. The van der Waals surface area contributed by atoms with Gasteiger partial charge in [0.05, 0.1) is 5.75 Å². The Morgan fingerprint density at radius 1 is 1.15 bits per heavy atom. The Bertz CT molecular complexity index is 1250. The van der Waals surface area contributed by atoms with E-state index >= 15 is 0 Å². The van der Waals surface area contributed by atoms with Gasteiger partial charge in [0.15, 0.2) is 28.8 Å². The third kappa shape index (κ3) is 4.97. The number of carbonyl (C=O) groups is 2. The normalized spacial score (nSPS) is 17.6. The third-order valence-corrected chi connectivity index (χ3v) is 5.66. The number of carboxylic acid groups (broad SMARTS) is 1. The quantitative estimate of drug-likeness (QED) is 0.267. The average Bonchev–Trinajstić information content (AvgIpc) is 3.37. The molecule has 34 heavy (non-hydrogen) atoms. The zero-order valence-corrected chi connectivity index (χ0v) is 18.3. The van der Waals surface area contributed by atoms with Crippen LogP contribution in [0.3, 0.4) is 0 Å². The first-order valence-electron chi connectivity index (χ1n) is 9.92. The minimum Gasteiger partial charge on any atom is -0.508 e. The summed E-state index contributed by atoms with van der Waals surface area (Å²) in [7, 11) is 0. The summed E-state index contributed by atoms with van der Waals surface area (Å²) in [5, 5.41) is 43.5. The first-order chi connectivity index (χ1) is 16.3. The SMILES string of the molecule is O=C(O)CNC(=O)SCC1=C(O)C(O)[C@H](n2cnc3c(NCc4ccc(O)cc4)ncnc32)O1. The highest BCUT2D eigenvalue weighted by molar-refractivity contribution is 8.13. The largest absolute Gasteiger partial charge is 0.508 e. The molecule has 1 aliphatic heterocycles. The first-order valence-corrected chi connectivity index (χ1v) is 10.9. The van der Waals surface area contributed by atoms with E-state index in [-0.39, 0.29) is 17.3 Å². The molecule has 3 aromatic rings. The molecule has 0 aliphatic carbocycles. The van der Waals surface area contributed by atoms with E-state index in [1.54, 1.807) is 24.3 Å². The number of amides is 1. The van der Waals surface area contributed by atoms with Crippen molar-refractivity contribution in [3.63, 3.8) is 0 Å². The Morgan fingerprint density at radius 3 is 2.65 bits per heavy atom. The number of thioether (sulfide) groups is 1. The second-order valence-electron chi connectivity index (χ2n) is 7.15. The number of nitrogens with zero attached hydrogens (tertiary/aromatic N) is 4. The summed E-state index contributed by atoms with van der Waals surface area (Å²) in [6.07, 6.45) is 0.195. The number of carboxylic acids is 1. The van der Waals surface area contributed by atoms with Gasteiger partial charge in [-0.15, -0.1) is 0 Å². The van der Waals surface area contributed by atoms with Crippen LogP contribution in [0.4, 0.5) is 10.6 Å². The van der Waals surface area contributed by atoms with Crippen molar-refractivity contribution in [1.82, 2.24) is 24.8 Å². The number of hydrogen-bond acceptors (Lipinski definition) is 11. The summed E-state index contributed by atoms with van der Waals surface area (Å²) in [5.74, 6) is -1.16. The number of phenols is 1. The molecule has 0 saturated heterocycles. The second kappa shape index (κ2) is 9.84. The molecule has 1 unspecified atom stereocenters. The molecule has 178 valence electrons. The highest BCUT2D eigenvalue weighted by Gasteiger charge is 2.38. The molecule has 4 rings (SSSR count). The number of aromatic nitrogens is 4. The monoisotopic (exact) mass is 488 g/mol. The smallest absolute Gasteiger partial charge is 0.323 e. The maximum atomic E-state index is 11.7. The lowest BCUT2D eigenvalue weighted by Gasteiger charge is -2.17. The van der Waals surface area contributed by atoms with Gasteiger partial charge in [-0.2, -0.15) is 0 Å². The Morgan fingerprint density at radius 2 is 1.91 bits per heavy atom. The van der Waals surface area contributed by atoms with E-state index in [4.69, 9.17) is 9.84 Å². The van der Waals surface area contributed by atoms with Crippen molar-refractivity contribution in [1.29, 1.82) is 0 Å². The highest BCUT2D eigenvalue weighted by Crippen LogP contribution is 2.35. The molecule has 1 aliphatic rings. The van der Waals surface area contributed by atoms with Crippen LogP contribution in [0.15, 0.2) is 48.4 Å². The number of nitrogens with one attached hydrogen (secondary N) is 2. The lowest BCUT2D eigenvalue weighted by molar-refractivity contribution is -0.135. The predicted molar refractivity (Wildman–Crippen MR) is 120 cm³/mol. The van der Waals surface area contributed by atoms with Crippen molar-refractivity contribution < 1.29 is 34.8 Å². The van der Waals surface area contributed by atoms with E-state index < -0.39 is 35.8 Å². The number of benzene rings is 1. The van der Waals surface area contributed by atoms with Crippen LogP contribution in [0.25, 0.3) is 11.2 Å². The molecule has 3 heterocycles. The minimum absolute atomic E-state index is 0.0189. The number of aliphatic carboxylic acids is 1. The molecule has 13 nitrogen and oxygen atoms in total. The number of phenolic OH excluding ortho intramolecular Hbond substituents is 1. The lowest BCUT2D eigenvalue weighted by Crippen LogP contribution is -2.26. The summed E-state index contributed by atoms with van der Waals surface area (Å²) in [5.41, 5.74) is 1.66. The van der Waals surface area contributed by atoms with E-state index in [2.05, 4.69) is 25.6 Å². The molecular weight excluding hydrogens is 468 g/mol. The molecular formula is C20H20N6O7S. The molecule has 0 saturated carbocycles. The summed E-state index contributed by atoms with van der Waals surface area (Å²) < 4.78 is 7.11. The topological polar surface area (TPSA) is 192 Å². The molecule has 2 atom stereocenters. The fourth-order valence-corrected chi connectivity index (χ4v) is 3.84. The van der Waals surface area contributed by atoms with Crippen LogP contribution in [0.5, 0.6) is 5.75 Å². The number of fused-ring (bicyclic) bond motifs is 1. The molecule has 0 spiro atoms. The van der Waals surface area contributed by atoms with Crippen LogP contribution < -0.4 is 10.6 Å². The molecule has 1 aromatic carbocycles. The van der Waals surface area contributed by atoms with Gasteiger partial charge in [-0.3, -0.25) is 14.2 Å². The van der Waals surface area contributed by atoms with E-state index in [0.29, 0.717) is 35.3 Å². The maximum Gasteiger partial charge on any atom is 0.323 e. The minimum atomic E-state index is -1.43. The van der Waals surface area contributed by atoms with Crippen molar-refractivity contribution in [3.8, 4) is 5.75 Å². The van der Waals surface area contributed by atoms with Gasteiger partial charge in [-0.1, -0.05) is 23.9 Å². The van der Waals surface area contributed by atoms with Gasteiger partial charge in [0.1, 0.15) is 30.7 Å². The Balaban J connectivity index is 1.45. The molecule has 0 radical (unpaired) electrons. The zero-order chi connectivity index (χ0) is 24.2. The first kappa shape index (κ1) is 23.1. The van der Waals surface area contributed by atoms with Gasteiger partial charge >= 0.3 is 5.97 Å². The zero-order valence-electron chi connectivity index (χ0n) is 17.5. The number of ether oxygens (including phenoxy) is 1. The van der Waals surface area contributed by atoms with Crippen molar-refractivity contribution in [3.05, 3.63) is 54.0 Å². The van der Waals surface area contributed by atoms with Gasteiger partial charge in [0, 0.05) is 6.54 Å². The molecule has 0 bridgehead atoms. The predicted octanol–water partition coefficient (Wildman–Crippen LogP) is 1.33.